The molecule has 0 bridgehead atoms. The summed E-state index contributed by atoms with van der Waals surface area (Å²) in [7, 11) is 0. The minimum Gasteiger partial charge on any atom is -0.488 e. The normalized spacial score (nSPS) is 22.8. The van der Waals surface area contributed by atoms with Crippen molar-refractivity contribution in [3.05, 3.63) is 28.7 Å². The molecule has 1 saturated carbocycles. The van der Waals surface area contributed by atoms with Crippen LogP contribution in [0.3, 0.4) is 0 Å². The lowest BCUT2D eigenvalue weighted by Gasteiger charge is -2.20. The van der Waals surface area contributed by atoms with Crippen molar-refractivity contribution in [2.75, 3.05) is 13.1 Å². The Balaban J connectivity index is 1.80. The molecular formula is C16H23BrN2O2. The Bertz CT molecular complexity index is 481. The van der Waals surface area contributed by atoms with Crippen LogP contribution in [-0.2, 0) is 4.79 Å². The molecule has 1 unspecified atom stereocenters. The van der Waals surface area contributed by atoms with Crippen molar-refractivity contribution in [1.82, 2.24) is 5.32 Å². The molecular weight excluding hydrogens is 332 g/mol. The number of benzene rings is 1. The molecule has 21 heavy (non-hydrogen) atoms. The highest BCUT2D eigenvalue weighted by Crippen LogP contribution is 2.31. The Morgan fingerprint density at radius 2 is 2.24 bits per heavy atom. The average Bonchev–Trinajstić information content (AvgIpc) is 2.96. The number of para-hydroxylation sites is 1. The lowest BCUT2D eigenvalue weighted by Crippen LogP contribution is -2.39. The number of nitrogens with one attached hydrogen (secondary N) is 1. The summed E-state index contributed by atoms with van der Waals surface area (Å²) in [6.45, 7) is 3.06. The molecule has 3 atom stereocenters. The van der Waals surface area contributed by atoms with Gasteiger partial charge in [0.15, 0.2) is 0 Å². The van der Waals surface area contributed by atoms with Gasteiger partial charge in [0.2, 0.25) is 5.91 Å². The highest BCUT2D eigenvalue weighted by atomic mass is 79.9. The lowest BCUT2D eigenvalue weighted by molar-refractivity contribution is -0.126. The highest BCUT2D eigenvalue weighted by Gasteiger charge is 2.31. The molecule has 3 N–H and O–H groups in total. The highest BCUT2D eigenvalue weighted by molar-refractivity contribution is 9.10. The third-order valence-corrected chi connectivity index (χ3v) is 4.68. The zero-order chi connectivity index (χ0) is 15.2. The summed E-state index contributed by atoms with van der Waals surface area (Å²) in [5.41, 5.74) is 5.73. The first-order chi connectivity index (χ1) is 10.1. The molecule has 1 aliphatic carbocycles. The van der Waals surface area contributed by atoms with Gasteiger partial charge < -0.3 is 15.8 Å². The largest absolute Gasteiger partial charge is 0.488 e. The van der Waals surface area contributed by atoms with Crippen molar-refractivity contribution in [2.24, 2.45) is 17.6 Å². The van der Waals surface area contributed by atoms with Crippen LogP contribution in [0.4, 0.5) is 0 Å². The smallest absolute Gasteiger partial charge is 0.223 e. The van der Waals surface area contributed by atoms with Crippen LogP contribution in [0.15, 0.2) is 28.7 Å². The van der Waals surface area contributed by atoms with Crippen LogP contribution in [0.5, 0.6) is 5.75 Å². The maximum absolute atomic E-state index is 12.2. The number of rotatable bonds is 6. The zero-order valence-electron chi connectivity index (χ0n) is 12.3. The third kappa shape index (κ3) is 4.45. The average molecular weight is 355 g/mol. The van der Waals surface area contributed by atoms with Gasteiger partial charge in [-0.15, -0.1) is 0 Å². The van der Waals surface area contributed by atoms with Gasteiger partial charge in [0.1, 0.15) is 11.9 Å². The van der Waals surface area contributed by atoms with Crippen molar-refractivity contribution < 1.29 is 9.53 Å². The molecule has 0 heterocycles. The first-order valence-corrected chi connectivity index (χ1v) is 8.30. The minimum atomic E-state index is -0.0784. The Morgan fingerprint density at radius 3 is 2.95 bits per heavy atom. The first-order valence-electron chi connectivity index (χ1n) is 7.50. The van der Waals surface area contributed by atoms with Gasteiger partial charge in [0, 0.05) is 5.92 Å². The molecule has 0 aliphatic heterocycles. The van der Waals surface area contributed by atoms with Gasteiger partial charge in [-0.25, -0.2) is 0 Å². The van der Waals surface area contributed by atoms with Crippen molar-refractivity contribution in [3.63, 3.8) is 0 Å². The first kappa shape index (κ1) is 16.3. The van der Waals surface area contributed by atoms with E-state index in [1.54, 1.807) is 0 Å². The van der Waals surface area contributed by atoms with Crippen LogP contribution >= 0.6 is 15.9 Å². The van der Waals surface area contributed by atoms with Crippen LogP contribution in [0.25, 0.3) is 0 Å². The molecule has 1 amide bonds. The van der Waals surface area contributed by atoms with E-state index in [0.717, 1.165) is 29.5 Å². The summed E-state index contributed by atoms with van der Waals surface area (Å²) >= 11 is 3.45. The maximum Gasteiger partial charge on any atom is 0.223 e. The summed E-state index contributed by atoms with van der Waals surface area (Å²) in [5.74, 6) is 1.32. The molecule has 0 aromatic heterocycles. The molecule has 5 heteroatoms. The second kappa shape index (κ2) is 7.80. The Morgan fingerprint density at radius 1 is 1.48 bits per heavy atom. The van der Waals surface area contributed by atoms with Crippen molar-refractivity contribution in [1.29, 1.82) is 0 Å². The van der Waals surface area contributed by atoms with E-state index in [0.29, 0.717) is 19.0 Å². The van der Waals surface area contributed by atoms with Gasteiger partial charge in [-0.1, -0.05) is 18.6 Å². The monoisotopic (exact) mass is 354 g/mol. The second-order valence-electron chi connectivity index (χ2n) is 5.64. The van der Waals surface area contributed by atoms with E-state index in [1.165, 1.54) is 0 Å². The fourth-order valence-electron chi connectivity index (χ4n) is 2.84. The summed E-state index contributed by atoms with van der Waals surface area (Å²) in [5, 5.41) is 2.99. The number of nitrogens with two attached hydrogens (primary N) is 1. The third-order valence-electron chi connectivity index (χ3n) is 4.03. The lowest BCUT2D eigenvalue weighted by atomic mass is 9.95. The molecule has 0 radical (unpaired) electrons. The molecule has 1 fully saturated rings. The fourth-order valence-corrected chi connectivity index (χ4v) is 3.22. The summed E-state index contributed by atoms with van der Waals surface area (Å²) in [6.07, 6.45) is 3.04. The number of ether oxygens (including phenoxy) is 1. The van der Waals surface area contributed by atoms with Gasteiger partial charge in [-0.05, 0) is 60.3 Å². The van der Waals surface area contributed by atoms with Gasteiger partial charge in [-0.2, -0.15) is 0 Å². The van der Waals surface area contributed by atoms with E-state index in [1.807, 2.05) is 31.2 Å². The van der Waals surface area contributed by atoms with Crippen LogP contribution in [0.2, 0.25) is 0 Å². The molecule has 1 aromatic carbocycles. The zero-order valence-corrected chi connectivity index (χ0v) is 13.9. The summed E-state index contributed by atoms with van der Waals surface area (Å²) in [6, 6.07) is 7.71. The SMILES string of the molecule is CC(CNC(=O)[C@@H]1CCC[C@@H]1CN)Oc1ccccc1Br. The van der Waals surface area contributed by atoms with Crippen LogP contribution < -0.4 is 15.8 Å². The minimum absolute atomic E-state index is 0.0747. The standard InChI is InChI=1S/C16H23BrN2O2/c1-11(21-15-8-3-2-7-14(15)17)10-19-16(20)13-6-4-5-12(13)9-18/h2-3,7-8,11-13H,4-6,9-10,18H2,1H3,(H,19,20)/t11?,12-,13-/m1/s1. The number of carbonyl (C=O) groups is 1. The predicted octanol–water partition coefficient (Wildman–Crippen LogP) is 2.71. The molecule has 2 rings (SSSR count). The van der Waals surface area contributed by atoms with Crippen LogP contribution in [0.1, 0.15) is 26.2 Å². The molecule has 116 valence electrons. The van der Waals surface area contributed by atoms with Gasteiger partial charge in [0.25, 0.3) is 0 Å². The molecule has 0 saturated heterocycles. The number of hydrogen-bond donors (Lipinski definition) is 2. The quantitative estimate of drug-likeness (QED) is 0.825. The second-order valence-corrected chi connectivity index (χ2v) is 6.49. The number of amides is 1. The maximum atomic E-state index is 12.2. The van der Waals surface area contributed by atoms with Crippen molar-refractivity contribution in [3.8, 4) is 5.75 Å². The van der Waals surface area contributed by atoms with E-state index < -0.39 is 0 Å². The van der Waals surface area contributed by atoms with Gasteiger partial charge in [0.05, 0.1) is 11.0 Å². The van der Waals surface area contributed by atoms with Gasteiger partial charge >= 0.3 is 0 Å². The van der Waals surface area contributed by atoms with Crippen LogP contribution in [-0.4, -0.2) is 25.1 Å². The molecule has 1 aromatic rings. The van der Waals surface area contributed by atoms with Crippen molar-refractivity contribution >= 4 is 21.8 Å². The van der Waals surface area contributed by atoms with E-state index in [2.05, 4.69) is 21.2 Å². The topological polar surface area (TPSA) is 64.4 Å². The number of carbonyl (C=O) groups excluding carboxylic acids is 1. The van der Waals surface area contributed by atoms with E-state index in [4.69, 9.17) is 10.5 Å². The predicted molar refractivity (Wildman–Crippen MR) is 87.1 cm³/mol. The van der Waals surface area contributed by atoms with E-state index >= 15 is 0 Å². The summed E-state index contributed by atoms with van der Waals surface area (Å²) < 4.78 is 6.74. The molecule has 1 aliphatic rings. The Kier molecular flexibility index (Phi) is 6.06. The Hall–Kier alpha value is -1.07. The fraction of sp³-hybridized carbons (Fsp3) is 0.562. The number of halogens is 1. The summed E-state index contributed by atoms with van der Waals surface area (Å²) in [4.78, 5) is 12.2. The molecule has 4 nitrogen and oxygen atoms in total. The Labute approximate surface area is 134 Å². The van der Waals surface area contributed by atoms with E-state index in [9.17, 15) is 4.79 Å². The van der Waals surface area contributed by atoms with Gasteiger partial charge in [-0.3, -0.25) is 4.79 Å². The molecule has 0 spiro atoms. The van der Waals surface area contributed by atoms with Crippen molar-refractivity contribution in [2.45, 2.75) is 32.3 Å². The van der Waals surface area contributed by atoms with E-state index in [-0.39, 0.29) is 17.9 Å². The van der Waals surface area contributed by atoms with Crippen LogP contribution in [0, 0.1) is 11.8 Å². The number of hydrogen-bond acceptors (Lipinski definition) is 3.